The predicted molar refractivity (Wildman–Crippen MR) is 128 cm³/mol. The summed E-state index contributed by atoms with van der Waals surface area (Å²) in [5, 5.41) is 5.03. The highest BCUT2D eigenvalue weighted by atomic mass is 32.2. The standard InChI is InChI=1S/C23H37N5O3S/c24-32(30,31)25-14-17-27-21-10-6-7-11-22(21)28(23(27)29)20-12-15-26(16-13-20)18-19-8-4-2-1-3-5-9-19/h6-7,10-11,19-20,25H,1-5,8-9,12-18H2,(H2,24,30,31). The molecule has 0 spiro atoms. The number of imidazole rings is 1. The first-order chi connectivity index (χ1) is 15.4. The molecular weight excluding hydrogens is 426 g/mol. The number of hydrogen-bond donors (Lipinski definition) is 2. The molecule has 1 aromatic carbocycles. The van der Waals surface area contributed by atoms with Crippen LogP contribution in [0.3, 0.4) is 0 Å². The number of likely N-dealkylation sites (tertiary alicyclic amines) is 1. The molecule has 2 fully saturated rings. The quantitative estimate of drug-likeness (QED) is 0.659. The molecule has 178 valence electrons. The van der Waals surface area contributed by atoms with E-state index in [1.165, 1.54) is 51.5 Å². The van der Waals surface area contributed by atoms with E-state index in [0.717, 1.165) is 42.9 Å². The third-order valence-corrected chi connectivity index (χ3v) is 7.78. The molecule has 1 saturated carbocycles. The van der Waals surface area contributed by atoms with E-state index in [1.54, 1.807) is 4.57 Å². The minimum absolute atomic E-state index is 0.0686. The molecule has 2 aromatic rings. The van der Waals surface area contributed by atoms with Gasteiger partial charge in [0.25, 0.3) is 10.2 Å². The first kappa shape index (κ1) is 23.5. The largest absolute Gasteiger partial charge is 0.329 e. The van der Waals surface area contributed by atoms with Gasteiger partial charge in [0.15, 0.2) is 0 Å². The fourth-order valence-corrected chi connectivity index (χ4v) is 5.93. The summed E-state index contributed by atoms with van der Waals surface area (Å²) in [6, 6.07) is 7.95. The van der Waals surface area contributed by atoms with Gasteiger partial charge in [-0.1, -0.05) is 44.2 Å². The van der Waals surface area contributed by atoms with E-state index in [2.05, 4.69) is 9.62 Å². The van der Waals surface area contributed by atoms with Crippen LogP contribution in [0.4, 0.5) is 0 Å². The monoisotopic (exact) mass is 463 g/mol. The normalized spacial score (nSPS) is 20.4. The number of benzene rings is 1. The zero-order valence-electron chi connectivity index (χ0n) is 18.9. The van der Waals surface area contributed by atoms with Crippen LogP contribution in [-0.4, -0.2) is 48.6 Å². The molecule has 3 N–H and O–H groups in total. The molecule has 1 aromatic heterocycles. The summed E-state index contributed by atoms with van der Waals surface area (Å²) in [7, 11) is -3.77. The fourth-order valence-electron chi connectivity index (χ4n) is 5.55. The van der Waals surface area contributed by atoms with E-state index in [-0.39, 0.29) is 24.8 Å². The van der Waals surface area contributed by atoms with E-state index in [0.29, 0.717) is 0 Å². The lowest BCUT2D eigenvalue weighted by Crippen LogP contribution is -2.40. The van der Waals surface area contributed by atoms with E-state index in [9.17, 15) is 13.2 Å². The van der Waals surface area contributed by atoms with Crippen LogP contribution in [0.1, 0.15) is 63.8 Å². The van der Waals surface area contributed by atoms with Crippen LogP contribution in [0, 0.1) is 5.92 Å². The van der Waals surface area contributed by atoms with Crippen LogP contribution in [0.25, 0.3) is 11.0 Å². The van der Waals surface area contributed by atoms with Gasteiger partial charge in [-0.05, 0) is 43.7 Å². The molecule has 2 aliphatic rings. The number of aromatic nitrogens is 2. The second kappa shape index (κ2) is 10.5. The highest BCUT2D eigenvalue weighted by Gasteiger charge is 2.26. The number of nitrogens with one attached hydrogen (secondary N) is 1. The van der Waals surface area contributed by atoms with Crippen LogP contribution in [-0.2, 0) is 16.8 Å². The SMILES string of the molecule is NS(=O)(=O)NCCn1c(=O)n(C2CCN(CC3CCCCCCC3)CC2)c2ccccc21. The van der Waals surface area contributed by atoms with Crippen LogP contribution in [0.2, 0.25) is 0 Å². The zero-order chi connectivity index (χ0) is 22.6. The molecule has 4 rings (SSSR count). The predicted octanol–water partition coefficient (Wildman–Crippen LogP) is 2.59. The van der Waals surface area contributed by atoms with Crippen molar-refractivity contribution in [3.05, 3.63) is 34.7 Å². The molecule has 9 heteroatoms. The van der Waals surface area contributed by atoms with E-state index >= 15 is 0 Å². The van der Waals surface area contributed by atoms with Gasteiger partial charge >= 0.3 is 5.69 Å². The lowest BCUT2D eigenvalue weighted by Gasteiger charge is -2.35. The van der Waals surface area contributed by atoms with Gasteiger partial charge in [-0.2, -0.15) is 8.42 Å². The maximum atomic E-state index is 13.3. The molecule has 0 radical (unpaired) electrons. The number of piperidine rings is 1. The molecule has 1 aliphatic heterocycles. The van der Waals surface area contributed by atoms with Crippen molar-refractivity contribution in [2.24, 2.45) is 11.1 Å². The summed E-state index contributed by atoms with van der Waals surface area (Å²) in [5.41, 5.74) is 1.69. The fraction of sp³-hybridized carbons (Fsp3) is 0.696. The van der Waals surface area contributed by atoms with Crippen molar-refractivity contribution in [2.75, 3.05) is 26.2 Å². The summed E-state index contributed by atoms with van der Waals surface area (Å²) in [6.45, 7) is 3.60. The maximum Gasteiger partial charge on any atom is 0.329 e. The zero-order valence-corrected chi connectivity index (χ0v) is 19.7. The van der Waals surface area contributed by atoms with Crippen molar-refractivity contribution in [3.8, 4) is 0 Å². The van der Waals surface area contributed by atoms with Crippen molar-refractivity contribution in [2.45, 2.75) is 70.4 Å². The van der Waals surface area contributed by atoms with Gasteiger partial charge in [-0.25, -0.2) is 14.7 Å². The smallest absolute Gasteiger partial charge is 0.303 e. The maximum absolute atomic E-state index is 13.3. The first-order valence-corrected chi connectivity index (χ1v) is 13.7. The van der Waals surface area contributed by atoms with Gasteiger partial charge in [0.2, 0.25) is 0 Å². The Morgan fingerprint density at radius 3 is 2.22 bits per heavy atom. The van der Waals surface area contributed by atoms with Crippen LogP contribution < -0.4 is 15.6 Å². The highest BCUT2D eigenvalue weighted by molar-refractivity contribution is 7.87. The second-order valence-electron chi connectivity index (χ2n) is 9.48. The molecule has 1 saturated heterocycles. The van der Waals surface area contributed by atoms with Gasteiger partial charge in [0.05, 0.1) is 11.0 Å². The topological polar surface area (TPSA) is 102 Å². The summed E-state index contributed by atoms with van der Waals surface area (Å²) < 4.78 is 28.3. The Balaban J connectivity index is 1.44. The van der Waals surface area contributed by atoms with Gasteiger partial charge in [-0.15, -0.1) is 0 Å². The lowest BCUT2D eigenvalue weighted by atomic mass is 9.90. The van der Waals surface area contributed by atoms with Gasteiger partial charge in [0.1, 0.15) is 0 Å². The van der Waals surface area contributed by atoms with Crippen molar-refractivity contribution in [3.63, 3.8) is 0 Å². The molecule has 0 amide bonds. The number of rotatable bonds is 7. The van der Waals surface area contributed by atoms with Gasteiger partial charge in [-0.3, -0.25) is 9.13 Å². The number of nitrogens with zero attached hydrogens (tertiary/aromatic N) is 3. The van der Waals surface area contributed by atoms with Crippen LogP contribution in [0.15, 0.2) is 29.1 Å². The average molecular weight is 464 g/mol. The van der Waals surface area contributed by atoms with Crippen LogP contribution >= 0.6 is 0 Å². The van der Waals surface area contributed by atoms with Crippen molar-refractivity contribution in [1.29, 1.82) is 0 Å². The number of nitrogens with two attached hydrogens (primary N) is 1. The first-order valence-electron chi connectivity index (χ1n) is 12.1. The Bertz CT molecular complexity index is 1050. The summed E-state index contributed by atoms with van der Waals surface area (Å²) >= 11 is 0. The molecule has 1 aliphatic carbocycles. The molecule has 2 heterocycles. The summed E-state index contributed by atoms with van der Waals surface area (Å²) in [5.74, 6) is 0.822. The Morgan fingerprint density at radius 1 is 0.938 bits per heavy atom. The average Bonchev–Trinajstić information content (AvgIpc) is 3.01. The van der Waals surface area contributed by atoms with E-state index in [1.807, 2.05) is 28.8 Å². The summed E-state index contributed by atoms with van der Waals surface area (Å²) in [4.78, 5) is 15.9. The Hall–Kier alpha value is -1.68. The molecule has 0 unspecified atom stereocenters. The van der Waals surface area contributed by atoms with Crippen molar-refractivity contribution in [1.82, 2.24) is 18.8 Å². The molecule has 8 nitrogen and oxygen atoms in total. The number of fused-ring (bicyclic) bond motifs is 1. The van der Waals surface area contributed by atoms with Gasteiger partial charge < -0.3 is 4.90 Å². The Labute approximate surface area is 190 Å². The molecule has 0 atom stereocenters. The Kier molecular flexibility index (Phi) is 7.70. The third kappa shape index (κ3) is 5.81. The van der Waals surface area contributed by atoms with Gasteiger partial charge in [0, 0.05) is 38.8 Å². The second-order valence-corrected chi connectivity index (χ2v) is 10.9. The molecular formula is C23H37N5O3S. The van der Waals surface area contributed by atoms with E-state index < -0.39 is 10.2 Å². The van der Waals surface area contributed by atoms with Crippen LogP contribution in [0.5, 0.6) is 0 Å². The molecule has 32 heavy (non-hydrogen) atoms. The number of hydrogen-bond acceptors (Lipinski definition) is 4. The molecule has 0 bridgehead atoms. The van der Waals surface area contributed by atoms with Crippen molar-refractivity contribution >= 4 is 21.2 Å². The third-order valence-electron chi connectivity index (χ3n) is 7.17. The summed E-state index contributed by atoms with van der Waals surface area (Å²) in [6.07, 6.45) is 11.6. The minimum atomic E-state index is -3.77. The Morgan fingerprint density at radius 2 is 1.56 bits per heavy atom. The van der Waals surface area contributed by atoms with Crippen molar-refractivity contribution < 1.29 is 8.42 Å². The lowest BCUT2D eigenvalue weighted by molar-refractivity contribution is 0.152. The number of para-hydroxylation sites is 2. The van der Waals surface area contributed by atoms with E-state index in [4.69, 9.17) is 5.14 Å². The minimum Gasteiger partial charge on any atom is -0.303 e. The highest BCUT2D eigenvalue weighted by Crippen LogP contribution is 2.28.